The molecule has 14 rings (SSSR count). The minimum Gasteiger partial charge on any atom is -0.456 e. The minimum atomic E-state index is -0.0759. The van der Waals surface area contributed by atoms with E-state index < -0.39 is 0 Å². The van der Waals surface area contributed by atoms with Crippen LogP contribution in [0.4, 0.5) is 45.5 Å². The van der Waals surface area contributed by atoms with Crippen molar-refractivity contribution in [3.8, 4) is 0 Å². The van der Waals surface area contributed by atoms with E-state index in [-0.39, 0.29) is 23.1 Å². The maximum absolute atomic E-state index is 6.61. The predicted molar refractivity (Wildman–Crippen MR) is 296 cm³/mol. The van der Waals surface area contributed by atoms with Crippen molar-refractivity contribution in [3.63, 3.8) is 0 Å². The zero-order valence-electron chi connectivity index (χ0n) is 40.9. The van der Waals surface area contributed by atoms with Gasteiger partial charge in [-0.2, -0.15) is 0 Å². The summed E-state index contributed by atoms with van der Waals surface area (Å²) in [5, 5.41) is 4.90. The maximum atomic E-state index is 6.61. The maximum Gasteiger partial charge on any atom is 0.252 e. The fraction of sp³-hybridized carbons (Fsp3) is 0.238. The molecule has 2 unspecified atom stereocenters. The first kappa shape index (κ1) is 41.2. The fourth-order valence-corrected chi connectivity index (χ4v) is 15.0. The molecule has 6 heteroatoms. The summed E-state index contributed by atoms with van der Waals surface area (Å²) in [7, 11) is 0. The number of para-hydroxylation sites is 1. The molecule has 0 bridgehead atoms. The van der Waals surface area contributed by atoms with Crippen LogP contribution in [0.5, 0.6) is 0 Å². The van der Waals surface area contributed by atoms with Crippen molar-refractivity contribution in [2.75, 3.05) is 14.7 Å². The van der Waals surface area contributed by atoms with E-state index >= 15 is 0 Å². The molecule has 0 amide bonds. The number of hydrogen-bond donors (Lipinski definition) is 0. The fourth-order valence-electron chi connectivity index (χ4n) is 13.8. The lowest BCUT2D eigenvalue weighted by molar-refractivity contribution is 0.194. The number of anilines is 8. The molecule has 338 valence electrons. The SMILES string of the molecule is Cc1cc2c3c(c1)N(c1cccc4c1sc1ccccc14)c1cc(N4c5cc(C)cc(C)c5C5(C)CCCCC45C)ccc1B3c1cc(C(C)(C)C)ccc1N2c1ccc2c(c1)oc1ccccc12. The van der Waals surface area contributed by atoms with Gasteiger partial charge in [0.05, 0.1) is 15.9 Å². The largest absolute Gasteiger partial charge is 0.456 e. The van der Waals surface area contributed by atoms with Gasteiger partial charge in [-0.25, -0.2) is 0 Å². The third kappa shape index (κ3) is 5.58. The van der Waals surface area contributed by atoms with Gasteiger partial charge in [0.1, 0.15) is 11.2 Å². The molecule has 0 N–H and O–H groups in total. The van der Waals surface area contributed by atoms with Crippen molar-refractivity contribution in [2.45, 2.75) is 97.4 Å². The Morgan fingerprint density at radius 1 is 0.551 bits per heavy atom. The zero-order valence-corrected chi connectivity index (χ0v) is 41.7. The Morgan fingerprint density at radius 2 is 1.26 bits per heavy atom. The van der Waals surface area contributed by atoms with Crippen LogP contribution in [0.3, 0.4) is 0 Å². The molecule has 8 aromatic carbocycles. The number of aryl methyl sites for hydroxylation is 3. The summed E-state index contributed by atoms with van der Waals surface area (Å²) in [6.07, 6.45) is 4.87. The summed E-state index contributed by atoms with van der Waals surface area (Å²) in [5.41, 5.74) is 22.5. The van der Waals surface area contributed by atoms with E-state index in [0.29, 0.717) is 0 Å². The second kappa shape index (κ2) is 14.2. The molecule has 5 heterocycles. The topological polar surface area (TPSA) is 22.9 Å². The second-order valence-corrected chi connectivity index (χ2v) is 23.3. The van der Waals surface area contributed by atoms with Crippen LogP contribution in [0.15, 0.2) is 150 Å². The quantitative estimate of drug-likeness (QED) is 0.165. The molecule has 0 radical (unpaired) electrons. The molecule has 3 aliphatic heterocycles. The van der Waals surface area contributed by atoms with Gasteiger partial charge in [0.2, 0.25) is 0 Å². The predicted octanol–water partition coefficient (Wildman–Crippen LogP) is 16.0. The number of hydrogen-bond acceptors (Lipinski definition) is 5. The Morgan fingerprint density at radius 3 is 2.10 bits per heavy atom. The van der Waals surface area contributed by atoms with Crippen molar-refractivity contribution < 1.29 is 4.42 Å². The van der Waals surface area contributed by atoms with Crippen LogP contribution in [0.25, 0.3) is 42.1 Å². The Labute approximate surface area is 409 Å². The lowest BCUT2D eigenvalue weighted by Gasteiger charge is -2.51. The van der Waals surface area contributed by atoms with E-state index in [1.54, 1.807) is 5.56 Å². The highest BCUT2D eigenvalue weighted by Crippen LogP contribution is 2.62. The molecule has 0 saturated heterocycles. The van der Waals surface area contributed by atoms with Gasteiger partial charge in [0.15, 0.2) is 0 Å². The molecule has 2 aromatic heterocycles. The summed E-state index contributed by atoms with van der Waals surface area (Å²) in [6, 6.07) is 55.9. The van der Waals surface area contributed by atoms with Crippen molar-refractivity contribution in [1.82, 2.24) is 0 Å². The number of furan rings is 1. The average molecular weight is 914 g/mol. The lowest BCUT2D eigenvalue weighted by atomic mass is 9.33. The third-order valence-electron chi connectivity index (χ3n) is 17.1. The van der Waals surface area contributed by atoms with E-state index in [0.717, 1.165) is 34.0 Å². The Hall–Kier alpha value is -6.76. The van der Waals surface area contributed by atoms with Crippen molar-refractivity contribution in [1.29, 1.82) is 0 Å². The molecule has 4 aliphatic rings. The molecule has 1 fully saturated rings. The van der Waals surface area contributed by atoms with E-state index in [9.17, 15) is 0 Å². The van der Waals surface area contributed by atoms with Crippen LogP contribution in [0.2, 0.25) is 0 Å². The van der Waals surface area contributed by atoms with Gasteiger partial charge < -0.3 is 19.1 Å². The number of benzene rings is 8. The van der Waals surface area contributed by atoms with Gasteiger partial charge in [0, 0.05) is 77.5 Å². The van der Waals surface area contributed by atoms with E-state index in [1.165, 1.54) is 118 Å². The van der Waals surface area contributed by atoms with Crippen molar-refractivity contribution in [2.24, 2.45) is 0 Å². The normalized spacial score (nSPS) is 19.4. The first-order valence-electron chi connectivity index (χ1n) is 25.1. The molecule has 69 heavy (non-hydrogen) atoms. The van der Waals surface area contributed by atoms with Crippen LogP contribution in [-0.4, -0.2) is 12.3 Å². The number of rotatable bonds is 3. The van der Waals surface area contributed by atoms with Gasteiger partial charge in [-0.05, 0) is 157 Å². The van der Waals surface area contributed by atoms with E-state index in [4.69, 9.17) is 4.42 Å². The Balaban J connectivity index is 1.07. The van der Waals surface area contributed by atoms with Crippen molar-refractivity contribution in [3.05, 3.63) is 173 Å². The molecular formula is C63H56BN3OS. The summed E-state index contributed by atoms with van der Waals surface area (Å²) in [6.45, 7) is 19.1. The molecule has 1 aliphatic carbocycles. The van der Waals surface area contributed by atoms with Crippen molar-refractivity contribution >= 4 is 122 Å². The Bertz CT molecular complexity index is 3850. The highest BCUT2D eigenvalue weighted by molar-refractivity contribution is 7.26. The first-order valence-corrected chi connectivity index (χ1v) is 25.9. The highest BCUT2D eigenvalue weighted by Gasteiger charge is 2.58. The molecule has 1 saturated carbocycles. The Kier molecular flexibility index (Phi) is 8.47. The summed E-state index contributed by atoms with van der Waals surface area (Å²) >= 11 is 1.92. The smallest absolute Gasteiger partial charge is 0.252 e. The monoisotopic (exact) mass is 913 g/mol. The summed E-state index contributed by atoms with van der Waals surface area (Å²) in [5.74, 6) is 0. The molecule has 0 spiro atoms. The number of fused-ring (bicyclic) bond motifs is 13. The van der Waals surface area contributed by atoms with Crippen LogP contribution < -0.4 is 31.1 Å². The standard InChI is InChI=1S/C63H56BN3OS/c1-37-30-39(3)58-52(31-37)67(63(8)29-14-13-28-62(58,63)7)42-24-26-47-51(35-42)66(50-19-15-18-46-45-17-10-12-21-57(45)69-60(46)50)54-33-38(2)32-53-59(54)64(47)48-34-40(61(4,5)6)22-27-49(48)65(53)41-23-25-44-43-16-9-11-20-55(43)68-56(44)36-41/h9-12,15-27,30-36H,13-14,28-29H2,1-8H3. The molecule has 2 atom stereocenters. The van der Waals surface area contributed by atoms with Gasteiger partial charge in [0.25, 0.3) is 6.71 Å². The lowest BCUT2D eigenvalue weighted by Crippen LogP contribution is -2.61. The first-order chi connectivity index (χ1) is 33.3. The van der Waals surface area contributed by atoms with Gasteiger partial charge in [-0.15, -0.1) is 11.3 Å². The summed E-state index contributed by atoms with van der Waals surface area (Å²) in [4.78, 5) is 7.99. The van der Waals surface area contributed by atoms with E-state index in [2.05, 4.69) is 216 Å². The molecule has 4 nitrogen and oxygen atoms in total. The van der Waals surface area contributed by atoms with Gasteiger partial charge >= 0.3 is 0 Å². The van der Waals surface area contributed by atoms with Gasteiger partial charge in [-0.3, -0.25) is 0 Å². The zero-order chi connectivity index (χ0) is 46.9. The molecule has 10 aromatic rings. The number of nitrogens with zero attached hydrogens (tertiary/aromatic N) is 3. The van der Waals surface area contributed by atoms with Crippen LogP contribution >= 0.6 is 11.3 Å². The average Bonchev–Trinajstić information content (AvgIpc) is 3.96. The summed E-state index contributed by atoms with van der Waals surface area (Å²) < 4.78 is 9.24. The van der Waals surface area contributed by atoms with Crippen LogP contribution in [0.1, 0.15) is 88.1 Å². The van der Waals surface area contributed by atoms with Crippen LogP contribution in [-0.2, 0) is 10.8 Å². The van der Waals surface area contributed by atoms with E-state index in [1.807, 2.05) is 11.3 Å². The second-order valence-electron chi connectivity index (χ2n) is 22.2. The van der Waals surface area contributed by atoms with Crippen LogP contribution in [0, 0.1) is 20.8 Å². The minimum absolute atomic E-state index is 0.00752. The number of thiophene rings is 1. The third-order valence-corrected chi connectivity index (χ3v) is 18.3. The highest BCUT2D eigenvalue weighted by atomic mass is 32.1. The molecular weight excluding hydrogens is 858 g/mol. The van der Waals surface area contributed by atoms with Gasteiger partial charge in [-0.1, -0.05) is 113 Å².